The lowest BCUT2D eigenvalue weighted by Crippen LogP contribution is -2.13. The van der Waals surface area contributed by atoms with Crippen LogP contribution in [-0.4, -0.2) is 18.6 Å². The van der Waals surface area contributed by atoms with Gasteiger partial charge in [0, 0.05) is 11.8 Å². The summed E-state index contributed by atoms with van der Waals surface area (Å²) in [6, 6.07) is 5.25. The van der Waals surface area contributed by atoms with Crippen LogP contribution in [0.5, 0.6) is 0 Å². The van der Waals surface area contributed by atoms with Gasteiger partial charge >= 0.3 is 0 Å². The second-order valence-corrected chi connectivity index (χ2v) is 5.83. The van der Waals surface area contributed by atoms with E-state index in [1.165, 1.54) is 19.1 Å². The molecule has 0 unspecified atom stereocenters. The molecule has 102 valence electrons. The topological polar surface area (TPSA) is 74.8 Å². The first-order valence-corrected chi connectivity index (χ1v) is 7.24. The summed E-state index contributed by atoms with van der Waals surface area (Å²) in [5.74, 6) is -0.217. The molecule has 2 aromatic rings. The Balaban J connectivity index is 2.29. The minimum atomic E-state index is -3.75. The van der Waals surface area contributed by atoms with Gasteiger partial charge in [0.05, 0.1) is 4.90 Å². The van der Waals surface area contributed by atoms with Crippen LogP contribution in [0.1, 0.15) is 18.2 Å². The van der Waals surface area contributed by atoms with Gasteiger partial charge in [-0.05, 0) is 37.1 Å². The van der Waals surface area contributed by atoms with Crippen LogP contribution in [0.2, 0.25) is 0 Å². The molecule has 0 atom stereocenters. The van der Waals surface area contributed by atoms with Crippen molar-refractivity contribution in [2.75, 3.05) is 4.72 Å². The molecule has 19 heavy (non-hydrogen) atoms. The van der Waals surface area contributed by atoms with Crippen LogP contribution < -0.4 is 4.72 Å². The Kier molecular flexibility index (Phi) is 3.57. The molecule has 1 heterocycles. The number of nitrogens with zero attached hydrogens (tertiary/aromatic N) is 1. The number of anilines is 1. The molecule has 0 spiro atoms. The summed E-state index contributed by atoms with van der Waals surface area (Å²) in [4.78, 5) is 0.00690. The van der Waals surface area contributed by atoms with Crippen molar-refractivity contribution in [3.63, 3.8) is 0 Å². The van der Waals surface area contributed by atoms with E-state index in [1.807, 2.05) is 6.92 Å². The number of hydrogen-bond acceptors (Lipinski definition) is 3. The van der Waals surface area contributed by atoms with E-state index in [0.717, 1.165) is 18.2 Å². The van der Waals surface area contributed by atoms with Crippen LogP contribution in [0.4, 0.5) is 10.2 Å². The number of H-pyrrole nitrogens is 1. The van der Waals surface area contributed by atoms with Crippen LogP contribution in [-0.2, 0) is 16.4 Å². The molecule has 1 aromatic heterocycles. The van der Waals surface area contributed by atoms with Crippen LogP contribution in [0.3, 0.4) is 0 Å². The van der Waals surface area contributed by atoms with Crippen LogP contribution >= 0.6 is 0 Å². The Bertz CT molecular complexity index is 695. The van der Waals surface area contributed by atoms with Gasteiger partial charge in [0.15, 0.2) is 5.82 Å². The van der Waals surface area contributed by atoms with E-state index in [9.17, 15) is 12.8 Å². The zero-order valence-corrected chi connectivity index (χ0v) is 11.4. The summed E-state index contributed by atoms with van der Waals surface area (Å²) in [6.07, 6.45) is 0.727. The summed E-state index contributed by atoms with van der Waals surface area (Å²) < 4.78 is 39.6. The largest absolute Gasteiger partial charge is 0.280 e. The Hall–Kier alpha value is -1.89. The third-order valence-electron chi connectivity index (χ3n) is 2.69. The molecule has 2 N–H and O–H groups in total. The number of halogens is 1. The Labute approximate surface area is 110 Å². The number of aromatic nitrogens is 2. The summed E-state index contributed by atoms with van der Waals surface area (Å²) >= 11 is 0. The van der Waals surface area contributed by atoms with E-state index in [2.05, 4.69) is 14.9 Å². The maximum absolute atomic E-state index is 13.1. The maximum atomic E-state index is 13.1. The first-order valence-electron chi connectivity index (χ1n) is 5.75. The van der Waals surface area contributed by atoms with Gasteiger partial charge in [-0.15, -0.1) is 0 Å². The highest BCUT2D eigenvalue weighted by Gasteiger charge is 2.16. The van der Waals surface area contributed by atoms with E-state index in [4.69, 9.17) is 0 Å². The summed E-state index contributed by atoms with van der Waals surface area (Å²) in [5.41, 5.74) is 1.10. The van der Waals surface area contributed by atoms with E-state index in [0.29, 0.717) is 0 Å². The molecule has 0 bridgehead atoms. The van der Waals surface area contributed by atoms with Gasteiger partial charge in [0.1, 0.15) is 5.82 Å². The zero-order valence-electron chi connectivity index (χ0n) is 10.6. The van der Waals surface area contributed by atoms with Crippen molar-refractivity contribution in [3.05, 3.63) is 41.3 Å². The van der Waals surface area contributed by atoms with Crippen molar-refractivity contribution in [2.45, 2.75) is 25.2 Å². The molecular weight excluding hydrogens is 269 g/mol. The van der Waals surface area contributed by atoms with Crippen LogP contribution in [0, 0.1) is 12.7 Å². The van der Waals surface area contributed by atoms with Crippen molar-refractivity contribution in [1.29, 1.82) is 0 Å². The number of hydrogen-bond donors (Lipinski definition) is 2. The Morgan fingerprint density at radius 1 is 1.37 bits per heavy atom. The highest BCUT2D eigenvalue weighted by molar-refractivity contribution is 7.92. The minimum Gasteiger partial charge on any atom is -0.280 e. The van der Waals surface area contributed by atoms with Gasteiger partial charge in [-0.3, -0.25) is 9.82 Å². The average molecular weight is 283 g/mol. The molecule has 7 heteroatoms. The lowest BCUT2D eigenvalue weighted by molar-refractivity contribution is 0.598. The van der Waals surface area contributed by atoms with Gasteiger partial charge in [-0.25, -0.2) is 12.8 Å². The maximum Gasteiger partial charge on any atom is 0.263 e. The first kappa shape index (κ1) is 13.5. The first-order chi connectivity index (χ1) is 8.92. The molecule has 0 aliphatic rings. The Morgan fingerprint density at radius 3 is 2.68 bits per heavy atom. The molecule has 2 rings (SSSR count). The molecule has 1 aromatic carbocycles. The van der Waals surface area contributed by atoms with Gasteiger partial charge in [-0.1, -0.05) is 6.92 Å². The summed E-state index contributed by atoms with van der Waals surface area (Å²) in [6.45, 7) is 3.44. The SMILES string of the molecule is CCc1cc(NS(=O)(=O)c2ccc(F)c(C)c2)n[nH]1. The summed E-state index contributed by atoms with van der Waals surface area (Å²) in [7, 11) is -3.75. The quantitative estimate of drug-likeness (QED) is 0.903. The number of rotatable bonds is 4. The highest BCUT2D eigenvalue weighted by Crippen LogP contribution is 2.17. The summed E-state index contributed by atoms with van der Waals surface area (Å²) in [5, 5.41) is 6.56. The van der Waals surface area contributed by atoms with Crippen LogP contribution in [0.25, 0.3) is 0 Å². The molecule has 0 aliphatic heterocycles. The van der Waals surface area contributed by atoms with Crippen molar-refractivity contribution in [2.24, 2.45) is 0 Å². The predicted molar refractivity (Wildman–Crippen MR) is 69.9 cm³/mol. The lowest BCUT2D eigenvalue weighted by Gasteiger charge is -2.06. The third-order valence-corrected chi connectivity index (χ3v) is 4.04. The minimum absolute atomic E-state index is 0.00690. The Morgan fingerprint density at radius 2 is 2.11 bits per heavy atom. The average Bonchev–Trinajstić information content (AvgIpc) is 2.79. The standard InChI is InChI=1S/C12H14FN3O2S/c1-3-9-7-12(15-14-9)16-19(17,18)10-4-5-11(13)8(2)6-10/h4-7H,3H2,1-2H3,(H2,14,15,16). The molecule has 0 saturated heterocycles. The monoisotopic (exact) mass is 283 g/mol. The van der Waals surface area contributed by atoms with E-state index < -0.39 is 15.8 Å². The number of sulfonamides is 1. The number of aromatic amines is 1. The van der Waals surface area contributed by atoms with E-state index in [-0.39, 0.29) is 16.3 Å². The van der Waals surface area contributed by atoms with Gasteiger partial charge < -0.3 is 0 Å². The van der Waals surface area contributed by atoms with E-state index in [1.54, 1.807) is 6.07 Å². The van der Waals surface area contributed by atoms with Gasteiger partial charge in [-0.2, -0.15) is 5.10 Å². The lowest BCUT2D eigenvalue weighted by atomic mass is 10.2. The van der Waals surface area contributed by atoms with Crippen LogP contribution in [0.15, 0.2) is 29.2 Å². The normalized spacial score (nSPS) is 11.5. The molecule has 0 aliphatic carbocycles. The molecular formula is C12H14FN3O2S. The number of aryl methyl sites for hydroxylation is 2. The second kappa shape index (κ2) is 5.00. The number of nitrogens with one attached hydrogen (secondary N) is 2. The highest BCUT2D eigenvalue weighted by atomic mass is 32.2. The molecule has 0 fully saturated rings. The second-order valence-electron chi connectivity index (χ2n) is 4.15. The molecule has 0 saturated carbocycles. The predicted octanol–water partition coefficient (Wildman–Crippen LogP) is 2.22. The molecule has 0 radical (unpaired) electrons. The third kappa shape index (κ3) is 2.93. The van der Waals surface area contributed by atoms with Crippen molar-refractivity contribution in [1.82, 2.24) is 10.2 Å². The van der Waals surface area contributed by atoms with E-state index >= 15 is 0 Å². The zero-order chi connectivity index (χ0) is 14.0. The van der Waals surface area contributed by atoms with Crippen molar-refractivity contribution >= 4 is 15.8 Å². The number of benzene rings is 1. The fraction of sp³-hybridized carbons (Fsp3) is 0.250. The molecule has 5 nitrogen and oxygen atoms in total. The molecule has 0 amide bonds. The van der Waals surface area contributed by atoms with Gasteiger partial charge in [0.25, 0.3) is 10.0 Å². The van der Waals surface area contributed by atoms with Gasteiger partial charge in [0.2, 0.25) is 0 Å². The van der Waals surface area contributed by atoms with Crippen molar-refractivity contribution in [3.8, 4) is 0 Å². The fourth-order valence-electron chi connectivity index (χ4n) is 1.58. The smallest absolute Gasteiger partial charge is 0.263 e. The fourth-order valence-corrected chi connectivity index (χ4v) is 2.65. The van der Waals surface area contributed by atoms with Crippen molar-refractivity contribution < 1.29 is 12.8 Å².